The van der Waals surface area contributed by atoms with Gasteiger partial charge in [0.25, 0.3) is 0 Å². The molecule has 0 aromatic carbocycles. The number of alkyl halides is 3. The average molecular weight is 317 g/mol. The maximum Gasteiger partial charge on any atom is 0.434 e. The van der Waals surface area contributed by atoms with E-state index in [1.165, 1.54) is 20.8 Å². The number of nitrogens with zero attached hydrogens (tertiary/aromatic N) is 1. The molecule has 4 nitrogen and oxygen atoms in total. The van der Waals surface area contributed by atoms with Gasteiger partial charge >= 0.3 is 6.18 Å². The predicted octanol–water partition coefficient (Wildman–Crippen LogP) is 2.15. The van der Waals surface area contributed by atoms with Gasteiger partial charge in [0.2, 0.25) is 0 Å². The lowest BCUT2D eigenvalue weighted by Gasteiger charge is -2.15. The van der Waals surface area contributed by atoms with Crippen LogP contribution in [0, 0.1) is 6.92 Å². The molecule has 0 bridgehead atoms. The minimum atomic E-state index is -4.68. The third-order valence-electron chi connectivity index (χ3n) is 2.65. The third-order valence-corrected chi connectivity index (χ3v) is 6.02. The minimum absolute atomic E-state index is 0.155. The molecule has 19 heavy (non-hydrogen) atoms. The number of aromatic nitrogens is 1. The molecule has 0 aliphatic heterocycles. The second-order valence-electron chi connectivity index (χ2n) is 4.26. The Hall–Kier alpha value is -0.670. The Morgan fingerprint density at radius 2 is 1.89 bits per heavy atom. The smallest absolute Gasteiger partial charge is 0.392 e. The standard InChI is InChI=1S/C10H14F3NO3S2/c1-5(15)6(2)19(16,17)4-8-9(10(11,12)13)14-7(3)18-8/h5-6,15H,4H2,1-3H3. The maximum atomic E-state index is 12.7. The van der Waals surface area contributed by atoms with E-state index in [-0.39, 0.29) is 9.88 Å². The van der Waals surface area contributed by atoms with Crippen LogP contribution in [-0.2, 0) is 21.8 Å². The summed E-state index contributed by atoms with van der Waals surface area (Å²) in [5.74, 6) is -0.764. The van der Waals surface area contributed by atoms with Gasteiger partial charge in [-0.15, -0.1) is 11.3 Å². The second kappa shape index (κ2) is 5.37. The highest BCUT2D eigenvalue weighted by atomic mass is 32.2. The summed E-state index contributed by atoms with van der Waals surface area (Å²) in [5.41, 5.74) is -1.16. The summed E-state index contributed by atoms with van der Waals surface area (Å²) in [5, 5.41) is 8.28. The lowest BCUT2D eigenvalue weighted by Crippen LogP contribution is -2.30. The zero-order valence-corrected chi connectivity index (χ0v) is 12.2. The van der Waals surface area contributed by atoms with Crippen LogP contribution in [0.15, 0.2) is 0 Å². The molecule has 0 amide bonds. The SMILES string of the molecule is Cc1nc(C(F)(F)F)c(CS(=O)(=O)C(C)C(C)O)s1. The Balaban J connectivity index is 3.14. The van der Waals surface area contributed by atoms with E-state index < -0.39 is 38.8 Å². The quantitative estimate of drug-likeness (QED) is 0.924. The topological polar surface area (TPSA) is 67.3 Å². The van der Waals surface area contributed by atoms with Crippen molar-refractivity contribution in [1.29, 1.82) is 0 Å². The van der Waals surface area contributed by atoms with Crippen LogP contribution in [0.3, 0.4) is 0 Å². The van der Waals surface area contributed by atoms with Crippen LogP contribution >= 0.6 is 11.3 Å². The molecule has 0 radical (unpaired) electrons. The van der Waals surface area contributed by atoms with E-state index in [2.05, 4.69) is 4.98 Å². The first-order chi connectivity index (χ1) is 8.45. The molecule has 0 aliphatic rings. The van der Waals surface area contributed by atoms with E-state index in [4.69, 9.17) is 0 Å². The zero-order chi connectivity index (χ0) is 15.0. The van der Waals surface area contributed by atoms with Gasteiger partial charge < -0.3 is 5.11 Å². The number of thiazole rings is 1. The van der Waals surface area contributed by atoms with Crippen molar-refractivity contribution < 1.29 is 26.7 Å². The fourth-order valence-electron chi connectivity index (χ4n) is 1.40. The highest BCUT2D eigenvalue weighted by Gasteiger charge is 2.39. The molecule has 1 rings (SSSR count). The van der Waals surface area contributed by atoms with Gasteiger partial charge in [-0.25, -0.2) is 13.4 Å². The summed E-state index contributed by atoms with van der Waals surface area (Å²) in [6, 6.07) is 0. The molecule has 0 saturated heterocycles. The first-order valence-corrected chi connectivity index (χ1v) is 7.91. The molecule has 2 atom stereocenters. The predicted molar refractivity (Wildman–Crippen MR) is 65.6 cm³/mol. The van der Waals surface area contributed by atoms with Crippen molar-refractivity contribution in [2.24, 2.45) is 0 Å². The Kier molecular flexibility index (Phi) is 4.63. The first kappa shape index (κ1) is 16.4. The van der Waals surface area contributed by atoms with Crippen molar-refractivity contribution in [1.82, 2.24) is 4.98 Å². The van der Waals surface area contributed by atoms with Crippen LogP contribution in [0.1, 0.15) is 29.4 Å². The maximum absolute atomic E-state index is 12.7. The summed E-state index contributed by atoms with van der Waals surface area (Å²) < 4.78 is 61.9. The molecule has 2 unspecified atom stereocenters. The molecule has 1 heterocycles. The number of halogens is 3. The van der Waals surface area contributed by atoms with Crippen molar-refractivity contribution >= 4 is 21.2 Å². The van der Waals surface area contributed by atoms with E-state index in [0.717, 1.165) is 0 Å². The highest BCUT2D eigenvalue weighted by Crippen LogP contribution is 2.35. The van der Waals surface area contributed by atoms with Gasteiger partial charge in [0.15, 0.2) is 15.5 Å². The summed E-state index contributed by atoms with van der Waals surface area (Å²) in [7, 11) is -3.86. The number of hydrogen-bond acceptors (Lipinski definition) is 5. The highest BCUT2D eigenvalue weighted by molar-refractivity contribution is 7.91. The molecule has 1 N–H and O–H groups in total. The molecule has 0 fully saturated rings. The fraction of sp³-hybridized carbons (Fsp3) is 0.700. The Bertz CT molecular complexity index is 549. The summed E-state index contributed by atoms with van der Waals surface area (Å²) in [6.07, 6.45) is -5.82. The summed E-state index contributed by atoms with van der Waals surface area (Å²) in [4.78, 5) is 3.00. The van der Waals surface area contributed by atoms with E-state index >= 15 is 0 Å². The summed E-state index contributed by atoms with van der Waals surface area (Å²) >= 11 is 0.705. The van der Waals surface area contributed by atoms with Crippen molar-refractivity contribution in [2.75, 3.05) is 0 Å². The van der Waals surface area contributed by atoms with Crippen LogP contribution in [0.5, 0.6) is 0 Å². The Morgan fingerprint density at radius 1 is 1.37 bits per heavy atom. The minimum Gasteiger partial charge on any atom is -0.392 e. The molecule has 1 aromatic heterocycles. The number of hydrogen-bond donors (Lipinski definition) is 1. The van der Waals surface area contributed by atoms with Crippen LogP contribution in [0.4, 0.5) is 13.2 Å². The van der Waals surface area contributed by atoms with Gasteiger partial charge in [-0.1, -0.05) is 0 Å². The van der Waals surface area contributed by atoms with Gasteiger partial charge in [-0.3, -0.25) is 0 Å². The first-order valence-electron chi connectivity index (χ1n) is 5.38. The van der Waals surface area contributed by atoms with Gasteiger partial charge in [-0.2, -0.15) is 13.2 Å². The third kappa shape index (κ3) is 3.90. The number of aryl methyl sites for hydroxylation is 1. The molecule has 0 saturated carbocycles. The van der Waals surface area contributed by atoms with Gasteiger partial charge in [-0.05, 0) is 20.8 Å². The lowest BCUT2D eigenvalue weighted by atomic mass is 10.3. The number of aliphatic hydroxyl groups is 1. The second-order valence-corrected chi connectivity index (χ2v) is 7.90. The van der Waals surface area contributed by atoms with E-state index in [0.29, 0.717) is 11.3 Å². The van der Waals surface area contributed by atoms with Gasteiger partial charge in [0.05, 0.1) is 27.0 Å². The van der Waals surface area contributed by atoms with Crippen LogP contribution in [0.2, 0.25) is 0 Å². The summed E-state index contributed by atoms with van der Waals surface area (Å²) in [6.45, 7) is 3.93. The molecular formula is C10H14F3NO3S2. The number of sulfone groups is 1. The van der Waals surface area contributed by atoms with Crippen molar-refractivity contribution in [3.05, 3.63) is 15.6 Å². The average Bonchev–Trinajstić information content (AvgIpc) is 2.56. The van der Waals surface area contributed by atoms with Crippen LogP contribution in [0.25, 0.3) is 0 Å². The van der Waals surface area contributed by atoms with Gasteiger partial charge in [0.1, 0.15) is 0 Å². The normalized spacial score (nSPS) is 16.4. The molecule has 0 spiro atoms. The largest absolute Gasteiger partial charge is 0.434 e. The van der Waals surface area contributed by atoms with Crippen molar-refractivity contribution in [3.63, 3.8) is 0 Å². The lowest BCUT2D eigenvalue weighted by molar-refractivity contribution is -0.141. The zero-order valence-electron chi connectivity index (χ0n) is 10.5. The monoisotopic (exact) mass is 317 g/mol. The number of rotatable bonds is 4. The van der Waals surface area contributed by atoms with E-state index in [9.17, 15) is 26.7 Å². The van der Waals surface area contributed by atoms with Crippen LogP contribution in [-0.4, -0.2) is 29.9 Å². The Labute approximate surface area is 113 Å². The molecule has 110 valence electrons. The van der Waals surface area contributed by atoms with Gasteiger partial charge in [0, 0.05) is 0 Å². The van der Waals surface area contributed by atoms with E-state index in [1.54, 1.807) is 0 Å². The van der Waals surface area contributed by atoms with E-state index in [1.807, 2.05) is 0 Å². The fourth-order valence-corrected chi connectivity index (χ4v) is 4.25. The molecule has 0 aliphatic carbocycles. The van der Waals surface area contributed by atoms with Crippen molar-refractivity contribution in [2.45, 2.75) is 44.1 Å². The van der Waals surface area contributed by atoms with Crippen molar-refractivity contribution in [3.8, 4) is 0 Å². The Morgan fingerprint density at radius 3 is 2.32 bits per heavy atom. The molecule has 1 aromatic rings. The molecule has 9 heteroatoms. The van der Waals surface area contributed by atoms with Crippen LogP contribution < -0.4 is 0 Å². The number of aliphatic hydroxyl groups excluding tert-OH is 1. The molecular weight excluding hydrogens is 303 g/mol.